The Morgan fingerprint density at radius 2 is 2.06 bits per heavy atom. The molecule has 0 saturated heterocycles. The molecule has 0 aliphatic carbocycles. The van der Waals surface area contributed by atoms with Gasteiger partial charge in [0.15, 0.2) is 0 Å². The highest BCUT2D eigenvalue weighted by Gasteiger charge is 2.15. The van der Waals surface area contributed by atoms with Gasteiger partial charge in [0, 0.05) is 37.0 Å². The van der Waals surface area contributed by atoms with Crippen molar-refractivity contribution < 1.29 is 4.92 Å². The van der Waals surface area contributed by atoms with Crippen molar-refractivity contribution in [3.8, 4) is 5.69 Å². The monoisotopic (exact) mass is 230 g/mol. The van der Waals surface area contributed by atoms with E-state index in [2.05, 4.69) is 10.4 Å². The third-order valence-electron chi connectivity index (χ3n) is 2.81. The van der Waals surface area contributed by atoms with E-state index in [4.69, 9.17) is 0 Å². The van der Waals surface area contributed by atoms with Crippen LogP contribution in [0.25, 0.3) is 5.69 Å². The number of hydrogen-bond donors (Lipinski definition) is 1. The zero-order chi connectivity index (χ0) is 11.8. The Morgan fingerprint density at radius 3 is 2.71 bits per heavy atom. The van der Waals surface area contributed by atoms with Crippen molar-refractivity contribution in [1.82, 2.24) is 15.1 Å². The first-order valence-corrected chi connectivity index (χ1v) is 5.27. The molecule has 0 bridgehead atoms. The van der Waals surface area contributed by atoms with E-state index in [1.807, 2.05) is 6.20 Å². The maximum Gasteiger partial charge on any atom is 0.269 e. The van der Waals surface area contributed by atoms with Gasteiger partial charge < -0.3 is 5.32 Å². The van der Waals surface area contributed by atoms with Crippen LogP contribution in [-0.2, 0) is 13.1 Å². The zero-order valence-corrected chi connectivity index (χ0v) is 8.96. The van der Waals surface area contributed by atoms with Gasteiger partial charge in [0.2, 0.25) is 0 Å². The molecule has 0 radical (unpaired) electrons. The summed E-state index contributed by atoms with van der Waals surface area (Å²) < 4.78 is 1.76. The van der Waals surface area contributed by atoms with E-state index in [1.54, 1.807) is 16.8 Å². The molecule has 1 N–H and O–H groups in total. The minimum atomic E-state index is -0.406. The number of nitrogens with one attached hydrogen (secondary N) is 1. The summed E-state index contributed by atoms with van der Waals surface area (Å²) in [7, 11) is 0. The van der Waals surface area contributed by atoms with Crippen LogP contribution in [0.2, 0.25) is 0 Å². The van der Waals surface area contributed by atoms with Gasteiger partial charge >= 0.3 is 0 Å². The highest BCUT2D eigenvalue weighted by Crippen LogP contribution is 2.18. The lowest BCUT2D eigenvalue weighted by molar-refractivity contribution is -0.384. The largest absolute Gasteiger partial charge is 0.307 e. The molecular weight excluding hydrogens is 220 g/mol. The number of aromatic nitrogens is 2. The van der Waals surface area contributed by atoms with Crippen LogP contribution < -0.4 is 5.32 Å². The summed E-state index contributed by atoms with van der Waals surface area (Å²) in [6.45, 7) is 1.62. The van der Waals surface area contributed by atoms with Crippen molar-refractivity contribution in [2.45, 2.75) is 13.1 Å². The van der Waals surface area contributed by atoms with Crippen molar-refractivity contribution in [2.24, 2.45) is 0 Å². The van der Waals surface area contributed by atoms with Gasteiger partial charge in [-0.3, -0.25) is 10.1 Å². The van der Waals surface area contributed by atoms with E-state index in [0.717, 1.165) is 24.5 Å². The molecule has 1 aromatic heterocycles. The van der Waals surface area contributed by atoms with Crippen LogP contribution in [0.15, 0.2) is 30.5 Å². The third kappa shape index (κ3) is 1.68. The van der Waals surface area contributed by atoms with Crippen molar-refractivity contribution in [3.05, 3.63) is 51.8 Å². The Bertz CT molecular complexity index is 552. The Morgan fingerprint density at radius 1 is 1.29 bits per heavy atom. The molecule has 0 amide bonds. The number of hydrogen-bond acceptors (Lipinski definition) is 4. The molecule has 1 aliphatic heterocycles. The SMILES string of the molecule is O=[N+]([O-])c1ccc(-n2cc3c(n2)CNC3)cc1. The van der Waals surface area contributed by atoms with Gasteiger partial charge in [-0.1, -0.05) is 0 Å². The summed E-state index contributed by atoms with van der Waals surface area (Å²) >= 11 is 0. The molecule has 6 nitrogen and oxygen atoms in total. The molecule has 0 fully saturated rings. The summed E-state index contributed by atoms with van der Waals surface area (Å²) in [5.74, 6) is 0. The standard InChI is InChI=1S/C11H10N4O2/c16-15(17)10-3-1-9(2-4-10)14-7-8-5-12-6-11(8)13-14/h1-4,7,12H,5-6H2. The lowest BCUT2D eigenvalue weighted by Crippen LogP contribution is -2.05. The van der Waals surface area contributed by atoms with Crippen LogP contribution in [0.4, 0.5) is 5.69 Å². The zero-order valence-electron chi connectivity index (χ0n) is 8.96. The summed E-state index contributed by atoms with van der Waals surface area (Å²) in [4.78, 5) is 10.1. The maximum atomic E-state index is 10.5. The summed E-state index contributed by atoms with van der Waals surface area (Å²) in [6, 6.07) is 6.38. The molecule has 0 unspecified atom stereocenters. The van der Waals surface area contributed by atoms with E-state index in [1.165, 1.54) is 17.7 Å². The second kappa shape index (κ2) is 3.67. The number of benzene rings is 1. The lowest BCUT2D eigenvalue weighted by atomic mass is 10.3. The van der Waals surface area contributed by atoms with Gasteiger partial charge in [0.1, 0.15) is 0 Å². The van der Waals surface area contributed by atoms with Crippen molar-refractivity contribution in [2.75, 3.05) is 0 Å². The van der Waals surface area contributed by atoms with Gasteiger partial charge in [-0.05, 0) is 12.1 Å². The van der Waals surface area contributed by atoms with E-state index >= 15 is 0 Å². The molecule has 2 heterocycles. The predicted molar refractivity (Wildman–Crippen MR) is 60.8 cm³/mol. The van der Waals surface area contributed by atoms with Crippen LogP contribution in [0.3, 0.4) is 0 Å². The van der Waals surface area contributed by atoms with Crippen LogP contribution in [-0.4, -0.2) is 14.7 Å². The quantitative estimate of drug-likeness (QED) is 0.625. The molecule has 2 aromatic rings. The molecule has 86 valence electrons. The first-order valence-electron chi connectivity index (χ1n) is 5.27. The van der Waals surface area contributed by atoms with Gasteiger partial charge in [-0.2, -0.15) is 5.10 Å². The fourth-order valence-electron chi connectivity index (χ4n) is 1.92. The van der Waals surface area contributed by atoms with Gasteiger partial charge in [-0.15, -0.1) is 0 Å². The van der Waals surface area contributed by atoms with Crippen molar-refractivity contribution in [3.63, 3.8) is 0 Å². The summed E-state index contributed by atoms with van der Waals surface area (Å²) in [5, 5.41) is 18.2. The number of nitro groups is 1. The van der Waals surface area contributed by atoms with Gasteiger partial charge in [-0.25, -0.2) is 4.68 Å². The Balaban J connectivity index is 1.95. The normalized spacial score (nSPS) is 13.6. The first kappa shape index (κ1) is 9.98. The maximum absolute atomic E-state index is 10.5. The Labute approximate surface area is 97.0 Å². The second-order valence-electron chi connectivity index (χ2n) is 3.92. The fraction of sp³-hybridized carbons (Fsp3) is 0.182. The van der Waals surface area contributed by atoms with Crippen LogP contribution >= 0.6 is 0 Å². The van der Waals surface area contributed by atoms with Gasteiger partial charge in [0.25, 0.3) is 5.69 Å². The fourth-order valence-corrected chi connectivity index (χ4v) is 1.92. The molecule has 0 atom stereocenters. The Kier molecular flexibility index (Phi) is 2.15. The predicted octanol–water partition coefficient (Wildman–Crippen LogP) is 1.38. The first-order chi connectivity index (χ1) is 8.24. The topological polar surface area (TPSA) is 73.0 Å². The van der Waals surface area contributed by atoms with Crippen LogP contribution in [0.1, 0.15) is 11.3 Å². The minimum absolute atomic E-state index is 0.0927. The molecule has 1 aromatic carbocycles. The lowest BCUT2D eigenvalue weighted by Gasteiger charge is -2.01. The highest BCUT2D eigenvalue weighted by molar-refractivity contribution is 5.41. The van der Waals surface area contributed by atoms with Crippen LogP contribution in [0, 0.1) is 10.1 Å². The smallest absolute Gasteiger partial charge is 0.269 e. The minimum Gasteiger partial charge on any atom is -0.307 e. The van der Waals surface area contributed by atoms with E-state index < -0.39 is 4.92 Å². The highest BCUT2D eigenvalue weighted by atomic mass is 16.6. The number of nitrogens with zero attached hydrogens (tertiary/aromatic N) is 3. The number of rotatable bonds is 2. The molecule has 0 saturated carbocycles. The second-order valence-corrected chi connectivity index (χ2v) is 3.92. The van der Waals surface area contributed by atoms with Crippen LogP contribution in [0.5, 0.6) is 0 Å². The van der Waals surface area contributed by atoms with E-state index in [9.17, 15) is 10.1 Å². The van der Waals surface area contributed by atoms with Crippen molar-refractivity contribution >= 4 is 5.69 Å². The average Bonchev–Trinajstić information content (AvgIpc) is 2.89. The average molecular weight is 230 g/mol. The number of fused-ring (bicyclic) bond motifs is 1. The Hall–Kier alpha value is -2.21. The molecular formula is C11H10N4O2. The molecule has 0 spiro atoms. The van der Waals surface area contributed by atoms with E-state index in [0.29, 0.717) is 0 Å². The number of non-ortho nitro benzene ring substituents is 1. The third-order valence-corrected chi connectivity index (χ3v) is 2.81. The number of nitro benzene ring substituents is 1. The van der Waals surface area contributed by atoms with Gasteiger partial charge in [0.05, 0.1) is 16.3 Å². The summed E-state index contributed by atoms with van der Waals surface area (Å²) in [6.07, 6.45) is 1.95. The van der Waals surface area contributed by atoms with E-state index in [-0.39, 0.29) is 5.69 Å². The molecule has 17 heavy (non-hydrogen) atoms. The molecule has 6 heteroatoms. The molecule has 1 aliphatic rings. The van der Waals surface area contributed by atoms with Crippen molar-refractivity contribution in [1.29, 1.82) is 0 Å². The molecule has 3 rings (SSSR count). The summed E-state index contributed by atoms with van der Waals surface area (Å²) in [5.41, 5.74) is 3.16.